The van der Waals surface area contributed by atoms with E-state index in [1.54, 1.807) is 0 Å². The number of hydrogen-bond donors (Lipinski definition) is 1. The van der Waals surface area contributed by atoms with E-state index in [-0.39, 0.29) is 0 Å². The highest BCUT2D eigenvalue weighted by Gasteiger charge is 2.37. The van der Waals surface area contributed by atoms with E-state index in [0.29, 0.717) is 12.0 Å². The largest absolute Gasteiger partial charge is 0.310 e. The van der Waals surface area contributed by atoms with Gasteiger partial charge in [0.15, 0.2) is 0 Å². The lowest BCUT2D eigenvalue weighted by molar-refractivity contribution is 0.255. The van der Waals surface area contributed by atoms with E-state index in [9.17, 15) is 0 Å². The summed E-state index contributed by atoms with van der Waals surface area (Å²) >= 11 is 6.28. The smallest absolute Gasteiger partial charge is 0.0440 e. The topological polar surface area (TPSA) is 15.3 Å². The summed E-state index contributed by atoms with van der Waals surface area (Å²) in [5.74, 6) is 0.669. The number of likely N-dealkylation sites (tertiary alicyclic amines) is 1. The monoisotopic (exact) mass is 290 g/mol. The van der Waals surface area contributed by atoms with Crippen LogP contribution < -0.4 is 5.32 Å². The Labute approximate surface area is 126 Å². The third-order valence-corrected chi connectivity index (χ3v) is 5.58. The first-order valence-corrected chi connectivity index (χ1v) is 8.42. The van der Waals surface area contributed by atoms with Crippen LogP contribution in [0.3, 0.4) is 0 Å². The molecule has 1 aromatic carbocycles. The van der Waals surface area contributed by atoms with Gasteiger partial charge in [0.25, 0.3) is 0 Å². The van der Waals surface area contributed by atoms with Crippen LogP contribution in [-0.2, 0) is 0 Å². The van der Waals surface area contributed by atoms with Crippen LogP contribution >= 0.6 is 11.6 Å². The lowest BCUT2D eigenvalue weighted by Gasteiger charge is -2.38. The van der Waals surface area contributed by atoms with E-state index in [2.05, 4.69) is 22.3 Å². The molecule has 1 aromatic rings. The van der Waals surface area contributed by atoms with Crippen molar-refractivity contribution in [2.45, 2.75) is 56.1 Å². The second kappa shape index (κ2) is 5.32. The molecule has 1 saturated heterocycles. The molecule has 4 rings (SSSR count). The van der Waals surface area contributed by atoms with E-state index in [1.807, 2.05) is 12.1 Å². The number of halogens is 1. The normalized spacial score (nSPS) is 34.1. The molecule has 3 fully saturated rings. The molecule has 1 N–H and O–H groups in total. The van der Waals surface area contributed by atoms with Crippen LogP contribution in [0.2, 0.25) is 5.02 Å². The van der Waals surface area contributed by atoms with Crippen LogP contribution in [0.15, 0.2) is 24.3 Å². The Balaban J connectivity index is 1.26. The Morgan fingerprint density at radius 1 is 1.05 bits per heavy atom. The number of nitrogens with zero attached hydrogens (tertiary/aromatic N) is 1. The van der Waals surface area contributed by atoms with Gasteiger partial charge < -0.3 is 5.32 Å². The maximum Gasteiger partial charge on any atom is 0.0440 e. The van der Waals surface area contributed by atoms with Crippen molar-refractivity contribution in [3.8, 4) is 0 Å². The predicted octanol–water partition coefficient (Wildman–Crippen LogP) is 3.41. The van der Waals surface area contributed by atoms with Crippen molar-refractivity contribution in [3.05, 3.63) is 34.9 Å². The lowest BCUT2D eigenvalue weighted by atomic mass is 9.75. The summed E-state index contributed by atoms with van der Waals surface area (Å²) in [5.41, 5.74) is 1.35. The zero-order valence-corrected chi connectivity index (χ0v) is 12.6. The Morgan fingerprint density at radius 2 is 1.85 bits per heavy atom. The van der Waals surface area contributed by atoms with E-state index >= 15 is 0 Å². The van der Waals surface area contributed by atoms with Crippen LogP contribution in [0, 0.1) is 0 Å². The van der Waals surface area contributed by atoms with E-state index in [0.717, 1.165) is 17.1 Å². The SMILES string of the molecule is Clc1ccccc1C1CC(NC2CCN(C3CC3)C2)C1. The van der Waals surface area contributed by atoms with Gasteiger partial charge in [-0.25, -0.2) is 0 Å². The molecule has 1 heterocycles. The fourth-order valence-electron chi connectivity index (χ4n) is 3.84. The van der Waals surface area contributed by atoms with Gasteiger partial charge in [-0.15, -0.1) is 0 Å². The van der Waals surface area contributed by atoms with Crippen molar-refractivity contribution in [1.29, 1.82) is 0 Å². The van der Waals surface area contributed by atoms with Crippen molar-refractivity contribution in [3.63, 3.8) is 0 Å². The molecule has 0 bridgehead atoms. The zero-order valence-electron chi connectivity index (χ0n) is 11.9. The van der Waals surface area contributed by atoms with Gasteiger partial charge in [0.05, 0.1) is 0 Å². The average Bonchev–Trinajstić information content (AvgIpc) is 3.15. The quantitative estimate of drug-likeness (QED) is 0.914. The van der Waals surface area contributed by atoms with Crippen LogP contribution in [0.25, 0.3) is 0 Å². The minimum atomic E-state index is 0.669. The molecule has 1 aliphatic heterocycles. The molecule has 3 aliphatic rings. The molecular formula is C17H23ClN2. The van der Waals surface area contributed by atoms with Gasteiger partial charge in [0.2, 0.25) is 0 Å². The van der Waals surface area contributed by atoms with Crippen LogP contribution in [0.5, 0.6) is 0 Å². The molecule has 1 atom stereocenters. The minimum Gasteiger partial charge on any atom is -0.310 e. The number of hydrogen-bond acceptors (Lipinski definition) is 2. The van der Waals surface area contributed by atoms with Crippen LogP contribution in [-0.4, -0.2) is 36.1 Å². The molecule has 2 nitrogen and oxygen atoms in total. The Hall–Kier alpha value is -0.570. The number of rotatable bonds is 4. The second-order valence-electron chi connectivity index (χ2n) is 6.77. The van der Waals surface area contributed by atoms with Gasteiger partial charge >= 0.3 is 0 Å². The van der Waals surface area contributed by atoms with Gasteiger partial charge in [-0.3, -0.25) is 4.90 Å². The first-order valence-electron chi connectivity index (χ1n) is 8.04. The van der Waals surface area contributed by atoms with Crippen molar-refractivity contribution in [1.82, 2.24) is 10.2 Å². The Bertz CT molecular complexity index is 480. The molecule has 2 aliphatic carbocycles. The summed E-state index contributed by atoms with van der Waals surface area (Å²) in [4.78, 5) is 2.68. The van der Waals surface area contributed by atoms with E-state index in [4.69, 9.17) is 11.6 Å². The van der Waals surface area contributed by atoms with Crippen molar-refractivity contribution >= 4 is 11.6 Å². The van der Waals surface area contributed by atoms with Gasteiger partial charge in [-0.2, -0.15) is 0 Å². The zero-order chi connectivity index (χ0) is 13.5. The number of nitrogens with one attached hydrogen (secondary N) is 1. The van der Waals surface area contributed by atoms with Crippen molar-refractivity contribution in [2.75, 3.05) is 13.1 Å². The summed E-state index contributed by atoms with van der Waals surface area (Å²) in [5, 5.41) is 4.80. The summed E-state index contributed by atoms with van der Waals surface area (Å²) < 4.78 is 0. The van der Waals surface area contributed by atoms with Crippen LogP contribution in [0.4, 0.5) is 0 Å². The lowest BCUT2D eigenvalue weighted by Crippen LogP contribution is -2.46. The number of benzene rings is 1. The maximum atomic E-state index is 6.28. The third-order valence-electron chi connectivity index (χ3n) is 5.24. The highest BCUT2D eigenvalue weighted by molar-refractivity contribution is 6.31. The molecule has 0 radical (unpaired) electrons. The summed E-state index contributed by atoms with van der Waals surface area (Å²) in [7, 11) is 0. The van der Waals surface area contributed by atoms with Crippen LogP contribution in [0.1, 0.15) is 43.6 Å². The first kappa shape index (κ1) is 13.1. The van der Waals surface area contributed by atoms with E-state index in [1.165, 1.54) is 50.8 Å². The van der Waals surface area contributed by atoms with Gasteiger partial charge in [-0.05, 0) is 49.7 Å². The summed E-state index contributed by atoms with van der Waals surface area (Å²) in [6.45, 7) is 2.58. The molecule has 108 valence electrons. The van der Waals surface area contributed by atoms with Gasteiger partial charge in [0, 0.05) is 36.2 Å². The fourth-order valence-corrected chi connectivity index (χ4v) is 4.13. The summed E-state index contributed by atoms with van der Waals surface area (Å²) in [6.07, 6.45) is 6.71. The molecule has 20 heavy (non-hydrogen) atoms. The molecule has 0 aromatic heterocycles. The first-order chi connectivity index (χ1) is 9.79. The second-order valence-corrected chi connectivity index (χ2v) is 7.17. The standard InChI is InChI=1S/C17H23ClN2/c18-17-4-2-1-3-16(17)12-9-14(10-12)19-13-7-8-20(11-13)15-5-6-15/h1-4,12-15,19H,5-11H2. The average molecular weight is 291 g/mol. The predicted molar refractivity (Wildman–Crippen MR) is 83.4 cm³/mol. The third kappa shape index (κ3) is 2.61. The molecular weight excluding hydrogens is 268 g/mol. The fraction of sp³-hybridized carbons (Fsp3) is 0.647. The Morgan fingerprint density at radius 3 is 2.60 bits per heavy atom. The molecule has 0 amide bonds. The van der Waals surface area contributed by atoms with E-state index < -0.39 is 0 Å². The molecule has 0 spiro atoms. The summed E-state index contributed by atoms with van der Waals surface area (Å²) in [6, 6.07) is 10.7. The van der Waals surface area contributed by atoms with Gasteiger partial charge in [0.1, 0.15) is 0 Å². The highest BCUT2D eigenvalue weighted by Crippen LogP contribution is 2.40. The van der Waals surface area contributed by atoms with Gasteiger partial charge in [-0.1, -0.05) is 29.8 Å². The Kier molecular flexibility index (Phi) is 3.49. The minimum absolute atomic E-state index is 0.669. The highest BCUT2D eigenvalue weighted by atomic mass is 35.5. The van der Waals surface area contributed by atoms with Crippen molar-refractivity contribution in [2.24, 2.45) is 0 Å². The molecule has 1 unspecified atom stereocenters. The molecule has 3 heteroatoms. The van der Waals surface area contributed by atoms with Crippen molar-refractivity contribution < 1.29 is 0 Å². The molecule has 2 saturated carbocycles. The maximum absolute atomic E-state index is 6.28.